The van der Waals surface area contributed by atoms with Gasteiger partial charge in [0.1, 0.15) is 11.0 Å². The zero-order valence-electron chi connectivity index (χ0n) is 9.40. The maximum Gasteiger partial charge on any atom is 0.401 e. The average molecular weight is 280 g/mol. The molecule has 0 aliphatic carbocycles. The lowest BCUT2D eigenvalue weighted by molar-refractivity contribution is -0.149. The topological polar surface area (TPSA) is 46.5 Å². The monoisotopic (exact) mass is 280 g/mol. The molecule has 1 N–H and O–H groups in total. The van der Waals surface area contributed by atoms with Gasteiger partial charge in [-0.1, -0.05) is 0 Å². The van der Waals surface area contributed by atoms with Gasteiger partial charge in [-0.2, -0.15) is 13.2 Å². The summed E-state index contributed by atoms with van der Waals surface area (Å²) in [5.41, 5.74) is 0. The Bertz CT molecular complexity index is 403. The molecule has 0 saturated heterocycles. The van der Waals surface area contributed by atoms with E-state index in [1.165, 1.54) is 31.4 Å². The summed E-state index contributed by atoms with van der Waals surface area (Å²) in [5.74, 6) is -0.945. The Kier molecular flexibility index (Phi) is 4.89. The smallest absolute Gasteiger partial charge is 0.401 e. The molecule has 0 saturated carbocycles. The Labute approximate surface area is 106 Å². The van der Waals surface area contributed by atoms with Gasteiger partial charge in [-0.25, -0.2) is 0 Å². The zero-order valence-corrected chi connectivity index (χ0v) is 10.2. The van der Waals surface area contributed by atoms with Gasteiger partial charge in [-0.15, -0.1) is 11.8 Å². The normalized spacial score (nSPS) is 13.1. The highest BCUT2D eigenvalue weighted by molar-refractivity contribution is 8.00. The minimum Gasteiger partial charge on any atom is -0.497 e. The summed E-state index contributed by atoms with van der Waals surface area (Å²) in [6, 6.07) is 5.97. The molecule has 1 atom stereocenters. The first-order valence-corrected chi connectivity index (χ1v) is 5.80. The van der Waals surface area contributed by atoms with Gasteiger partial charge < -0.3 is 9.84 Å². The fraction of sp³-hybridized carbons (Fsp3) is 0.364. The summed E-state index contributed by atoms with van der Waals surface area (Å²) in [6.07, 6.45) is -5.51. The number of hydrogen-bond donors (Lipinski definition) is 1. The van der Waals surface area contributed by atoms with Crippen molar-refractivity contribution in [3.8, 4) is 5.75 Å². The number of halogens is 3. The summed E-state index contributed by atoms with van der Waals surface area (Å²) >= 11 is 0.482. The minimum absolute atomic E-state index is 0.347. The van der Waals surface area contributed by atoms with Crippen molar-refractivity contribution in [2.45, 2.75) is 22.7 Å². The first kappa shape index (κ1) is 14.7. The lowest BCUT2D eigenvalue weighted by Crippen LogP contribution is -2.28. The first-order chi connectivity index (χ1) is 8.32. The molecule has 0 heterocycles. The second kappa shape index (κ2) is 5.99. The molecule has 0 aromatic heterocycles. The van der Waals surface area contributed by atoms with E-state index in [9.17, 15) is 18.0 Å². The number of ether oxygens (including phenoxy) is 1. The third-order valence-electron chi connectivity index (χ3n) is 2.06. The fourth-order valence-corrected chi connectivity index (χ4v) is 2.18. The molecule has 1 rings (SSSR count). The summed E-state index contributed by atoms with van der Waals surface area (Å²) < 4.78 is 42.7. The highest BCUT2D eigenvalue weighted by Crippen LogP contribution is 2.37. The third-order valence-corrected chi connectivity index (χ3v) is 3.33. The Hall–Kier alpha value is -1.37. The van der Waals surface area contributed by atoms with Crippen molar-refractivity contribution < 1.29 is 27.8 Å². The van der Waals surface area contributed by atoms with Crippen molar-refractivity contribution in [3.63, 3.8) is 0 Å². The number of carboxylic acid groups (broad SMARTS) is 1. The number of methoxy groups -OCH3 is 1. The van der Waals surface area contributed by atoms with E-state index in [2.05, 4.69) is 0 Å². The predicted octanol–water partition coefficient (Wildman–Crippen LogP) is 3.19. The number of carbonyl (C=O) groups is 1. The van der Waals surface area contributed by atoms with E-state index < -0.39 is 23.8 Å². The van der Waals surface area contributed by atoms with Gasteiger partial charge >= 0.3 is 12.1 Å². The van der Waals surface area contributed by atoms with Crippen LogP contribution in [0.5, 0.6) is 5.75 Å². The average Bonchev–Trinajstić information content (AvgIpc) is 2.27. The van der Waals surface area contributed by atoms with E-state index in [-0.39, 0.29) is 0 Å². The Morgan fingerprint density at radius 2 is 1.94 bits per heavy atom. The number of hydrogen-bond acceptors (Lipinski definition) is 3. The van der Waals surface area contributed by atoms with Crippen molar-refractivity contribution in [1.82, 2.24) is 0 Å². The van der Waals surface area contributed by atoms with Gasteiger partial charge in [0.25, 0.3) is 0 Å². The minimum atomic E-state index is -4.55. The SMILES string of the molecule is COc1ccc(SC(CC(=O)O)C(F)(F)F)cc1. The van der Waals surface area contributed by atoms with Crippen LogP contribution in [0.3, 0.4) is 0 Å². The molecule has 0 aliphatic heterocycles. The highest BCUT2D eigenvalue weighted by atomic mass is 32.2. The summed E-state index contributed by atoms with van der Waals surface area (Å²) in [6.45, 7) is 0. The van der Waals surface area contributed by atoms with E-state index in [4.69, 9.17) is 9.84 Å². The molecule has 0 radical (unpaired) electrons. The van der Waals surface area contributed by atoms with E-state index in [0.717, 1.165) is 0 Å². The van der Waals surface area contributed by atoms with E-state index in [1.54, 1.807) is 0 Å². The lowest BCUT2D eigenvalue weighted by atomic mass is 10.3. The van der Waals surface area contributed by atoms with Crippen molar-refractivity contribution in [1.29, 1.82) is 0 Å². The molecule has 1 unspecified atom stereocenters. The van der Waals surface area contributed by atoms with Crippen LogP contribution in [0.25, 0.3) is 0 Å². The molecular formula is C11H11F3O3S. The van der Waals surface area contributed by atoms with Gasteiger partial charge in [0.2, 0.25) is 0 Å². The maximum atomic E-state index is 12.6. The first-order valence-electron chi connectivity index (χ1n) is 4.92. The number of carboxylic acids is 1. The van der Waals surface area contributed by atoms with Gasteiger partial charge in [0.15, 0.2) is 0 Å². The number of benzene rings is 1. The summed E-state index contributed by atoms with van der Waals surface area (Å²) in [4.78, 5) is 10.8. The van der Waals surface area contributed by atoms with Crippen molar-refractivity contribution >= 4 is 17.7 Å². The second-order valence-electron chi connectivity index (χ2n) is 3.42. The number of alkyl halides is 3. The third kappa shape index (κ3) is 4.48. The largest absolute Gasteiger partial charge is 0.497 e. The molecule has 100 valence electrons. The van der Waals surface area contributed by atoms with Crippen LogP contribution in [-0.4, -0.2) is 29.6 Å². The summed E-state index contributed by atoms with van der Waals surface area (Å²) in [5, 5.41) is 6.52. The lowest BCUT2D eigenvalue weighted by Gasteiger charge is -2.18. The second-order valence-corrected chi connectivity index (χ2v) is 4.70. The predicted molar refractivity (Wildman–Crippen MR) is 60.9 cm³/mol. The van der Waals surface area contributed by atoms with Crippen LogP contribution in [0.4, 0.5) is 13.2 Å². The number of thioether (sulfide) groups is 1. The quantitative estimate of drug-likeness (QED) is 0.841. The molecule has 0 aliphatic rings. The standard InChI is InChI=1S/C11H11F3O3S/c1-17-7-2-4-8(5-3-7)18-9(6-10(15)16)11(12,13)14/h2-5,9H,6H2,1H3,(H,15,16). The molecule has 0 bridgehead atoms. The number of rotatable bonds is 5. The van der Waals surface area contributed by atoms with Crippen molar-refractivity contribution in [3.05, 3.63) is 24.3 Å². The van der Waals surface area contributed by atoms with Gasteiger partial charge in [0.05, 0.1) is 13.5 Å². The molecule has 0 spiro atoms. The van der Waals surface area contributed by atoms with Crippen LogP contribution >= 0.6 is 11.8 Å². The molecule has 7 heteroatoms. The van der Waals surface area contributed by atoms with Crippen LogP contribution in [0.15, 0.2) is 29.2 Å². The van der Waals surface area contributed by atoms with E-state index >= 15 is 0 Å². The number of aliphatic carboxylic acids is 1. The van der Waals surface area contributed by atoms with Crippen LogP contribution in [0.2, 0.25) is 0 Å². The summed E-state index contributed by atoms with van der Waals surface area (Å²) in [7, 11) is 1.45. The van der Waals surface area contributed by atoms with E-state index in [1.807, 2.05) is 0 Å². The Morgan fingerprint density at radius 3 is 2.33 bits per heavy atom. The Balaban J connectivity index is 2.79. The van der Waals surface area contributed by atoms with Gasteiger partial charge in [-0.3, -0.25) is 4.79 Å². The molecule has 18 heavy (non-hydrogen) atoms. The van der Waals surface area contributed by atoms with Gasteiger partial charge in [0, 0.05) is 4.90 Å². The van der Waals surface area contributed by atoms with Crippen molar-refractivity contribution in [2.24, 2.45) is 0 Å². The maximum absolute atomic E-state index is 12.6. The molecule has 1 aromatic rings. The molecule has 0 fully saturated rings. The highest BCUT2D eigenvalue weighted by Gasteiger charge is 2.41. The van der Waals surface area contributed by atoms with Crippen LogP contribution in [0.1, 0.15) is 6.42 Å². The molecule has 3 nitrogen and oxygen atoms in total. The molecule has 1 aromatic carbocycles. The van der Waals surface area contributed by atoms with Crippen LogP contribution in [-0.2, 0) is 4.79 Å². The van der Waals surface area contributed by atoms with Gasteiger partial charge in [-0.05, 0) is 24.3 Å². The van der Waals surface area contributed by atoms with Crippen molar-refractivity contribution in [2.75, 3.05) is 7.11 Å². The fourth-order valence-electron chi connectivity index (χ4n) is 1.20. The molecule has 0 amide bonds. The molecular weight excluding hydrogens is 269 g/mol. The Morgan fingerprint density at radius 1 is 1.39 bits per heavy atom. The zero-order chi connectivity index (χ0) is 13.8. The van der Waals surface area contributed by atoms with Crippen LogP contribution < -0.4 is 4.74 Å². The van der Waals surface area contributed by atoms with E-state index in [0.29, 0.717) is 22.4 Å². The van der Waals surface area contributed by atoms with Crippen LogP contribution in [0, 0.1) is 0 Å².